The standard InChI is InChI=1S/C9H7N.C6H5ClO/c1-2-6-9-8(4-1)5-3-7-10-9;7-5-3-1-2-4-6(5)8/h1-7H;1-4,8H. The van der Waals surface area contributed by atoms with Gasteiger partial charge < -0.3 is 5.11 Å². The zero-order chi connectivity index (χ0) is 12.8. The van der Waals surface area contributed by atoms with Crippen molar-refractivity contribution in [2.24, 2.45) is 0 Å². The molecule has 0 saturated carbocycles. The minimum Gasteiger partial charge on any atom is -0.506 e. The molecule has 3 heteroatoms. The Morgan fingerprint density at radius 3 is 2.17 bits per heavy atom. The number of para-hydroxylation sites is 2. The summed E-state index contributed by atoms with van der Waals surface area (Å²) in [5.74, 6) is 0.133. The molecule has 0 saturated heterocycles. The Balaban J connectivity index is 0.000000138. The second-order valence-corrected chi connectivity index (χ2v) is 4.05. The van der Waals surface area contributed by atoms with Gasteiger partial charge in [-0.25, -0.2) is 0 Å². The third kappa shape index (κ3) is 3.22. The van der Waals surface area contributed by atoms with Crippen molar-refractivity contribution in [3.05, 3.63) is 71.9 Å². The fourth-order valence-corrected chi connectivity index (χ4v) is 1.60. The summed E-state index contributed by atoms with van der Waals surface area (Å²) < 4.78 is 0. The van der Waals surface area contributed by atoms with Crippen LogP contribution in [0.5, 0.6) is 5.75 Å². The molecule has 1 aromatic heterocycles. The molecule has 0 unspecified atom stereocenters. The zero-order valence-electron chi connectivity index (χ0n) is 9.62. The number of phenolic OH excluding ortho intramolecular Hbond substituents is 1. The smallest absolute Gasteiger partial charge is 0.134 e. The molecule has 18 heavy (non-hydrogen) atoms. The number of halogens is 1. The van der Waals surface area contributed by atoms with Crippen molar-refractivity contribution in [2.45, 2.75) is 0 Å². The van der Waals surface area contributed by atoms with Crippen molar-refractivity contribution < 1.29 is 5.11 Å². The summed E-state index contributed by atoms with van der Waals surface area (Å²) in [5, 5.41) is 10.4. The Morgan fingerprint density at radius 1 is 0.833 bits per heavy atom. The Labute approximate surface area is 110 Å². The first-order valence-corrected chi connectivity index (χ1v) is 5.88. The normalized spacial score (nSPS) is 9.61. The van der Waals surface area contributed by atoms with Gasteiger partial charge >= 0.3 is 0 Å². The predicted octanol–water partition coefficient (Wildman–Crippen LogP) is 4.28. The molecule has 0 fully saturated rings. The maximum Gasteiger partial charge on any atom is 0.134 e. The largest absolute Gasteiger partial charge is 0.506 e. The molecule has 0 atom stereocenters. The Hall–Kier alpha value is -2.06. The van der Waals surface area contributed by atoms with Crippen LogP contribution < -0.4 is 0 Å². The number of aromatic nitrogens is 1. The lowest BCUT2D eigenvalue weighted by molar-refractivity contribution is 0.475. The highest BCUT2D eigenvalue weighted by atomic mass is 35.5. The number of nitrogens with zero attached hydrogens (tertiary/aromatic N) is 1. The number of rotatable bonds is 0. The first-order valence-electron chi connectivity index (χ1n) is 5.50. The molecule has 0 aliphatic heterocycles. The summed E-state index contributed by atoms with van der Waals surface area (Å²) in [6.45, 7) is 0. The van der Waals surface area contributed by atoms with Crippen LogP contribution in [0.1, 0.15) is 0 Å². The van der Waals surface area contributed by atoms with Crippen LogP contribution >= 0.6 is 11.6 Å². The van der Waals surface area contributed by atoms with Crippen LogP contribution in [-0.4, -0.2) is 10.1 Å². The first-order chi connectivity index (χ1) is 8.77. The third-order valence-corrected chi connectivity index (χ3v) is 2.68. The molecule has 1 heterocycles. The SMILES string of the molecule is Oc1ccccc1Cl.c1ccc2ncccc2c1. The van der Waals surface area contributed by atoms with Crippen LogP contribution in [0.2, 0.25) is 5.02 Å². The zero-order valence-corrected chi connectivity index (χ0v) is 10.4. The molecule has 2 aromatic carbocycles. The van der Waals surface area contributed by atoms with Crippen LogP contribution in [0.25, 0.3) is 10.9 Å². The van der Waals surface area contributed by atoms with Crippen molar-refractivity contribution in [3.8, 4) is 5.75 Å². The van der Waals surface area contributed by atoms with Gasteiger partial charge in [-0.1, -0.05) is 48.0 Å². The van der Waals surface area contributed by atoms with E-state index in [0.717, 1.165) is 5.52 Å². The summed E-state index contributed by atoms with van der Waals surface area (Å²) in [7, 11) is 0. The highest BCUT2D eigenvalue weighted by Gasteiger charge is 1.89. The number of benzene rings is 2. The molecule has 0 amide bonds. The molecule has 0 radical (unpaired) electrons. The minimum atomic E-state index is 0.133. The molecule has 2 nitrogen and oxygen atoms in total. The Morgan fingerprint density at radius 2 is 1.50 bits per heavy atom. The highest BCUT2D eigenvalue weighted by molar-refractivity contribution is 6.31. The Kier molecular flexibility index (Phi) is 4.15. The van der Waals surface area contributed by atoms with E-state index in [1.807, 2.05) is 30.5 Å². The molecular formula is C15H12ClNO. The molecule has 1 N–H and O–H groups in total. The van der Waals surface area contributed by atoms with E-state index in [1.54, 1.807) is 24.3 Å². The topological polar surface area (TPSA) is 33.1 Å². The second-order valence-electron chi connectivity index (χ2n) is 3.65. The molecular weight excluding hydrogens is 246 g/mol. The molecule has 0 bridgehead atoms. The van der Waals surface area contributed by atoms with Gasteiger partial charge in [0.25, 0.3) is 0 Å². The number of hydrogen-bond donors (Lipinski definition) is 1. The van der Waals surface area contributed by atoms with Gasteiger partial charge in [0.2, 0.25) is 0 Å². The number of fused-ring (bicyclic) bond motifs is 1. The lowest BCUT2D eigenvalue weighted by Gasteiger charge is -1.91. The molecule has 0 spiro atoms. The summed E-state index contributed by atoms with van der Waals surface area (Å²) in [5.41, 5.74) is 1.06. The van der Waals surface area contributed by atoms with Gasteiger partial charge in [-0.3, -0.25) is 4.98 Å². The number of hydrogen-bond acceptors (Lipinski definition) is 2. The monoisotopic (exact) mass is 257 g/mol. The van der Waals surface area contributed by atoms with Crippen LogP contribution in [-0.2, 0) is 0 Å². The predicted molar refractivity (Wildman–Crippen MR) is 74.9 cm³/mol. The maximum absolute atomic E-state index is 8.79. The summed E-state index contributed by atoms with van der Waals surface area (Å²) in [4.78, 5) is 4.18. The van der Waals surface area contributed by atoms with Crippen molar-refractivity contribution >= 4 is 22.5 Å². The molecule has 90 valence electrons. The van der Waals surface area contributed by atoms with Crippen molar-refractivity contribution in [3.63, 3.8) is 0 Å². The average molecular weight is 258 g/mol. The quantitative estimate of drug-likeness (QED) is 0.652. The van der Waals surface area contributed by atoms with Crippen molar-refractivity contribution in [1.29, 1.82) is 0 Å². The van der Waals surface area contributed by atoms with Crippen LogP contribution in [0.3, 0.4) is 0 Å². The molecule has 3 aromatic rings. The van der Waals surface area contributed by atoms with Gasteiger partial charge in [0.05, 0.1) is 10.5 Å². The third-order valence-electron chi connectivity index (χ3n) is 2.36. The van der Waals surface area contributed by atoms with E-state index in [2.05, 4.69) is 17.1 Å². The van der Waals surface area contributed by atoms with Crippen LogP contribution in [0.15, 0.2) is 66.9 Å². The van der Waals surface area contributed by atoms with Gasteiger partial charge in [0, 0.05) is 11.6 Å². The lowest BCUT2D eigenvalue weighted by atomic mass is 10.2. The van der Waals surface area contributed by atoms with E-state index in [1.165, 1.54) is 5.39 Å². The Bertz CT molecular complexity index is 553. The summed E-state index contributed by atoms with van der Waals surface area (Å²) in [6.07, 6.45) is 1.81. The summed E-state index contributed by atoms with van der Waals surface area (Å²) in [6, 6.07) is 18.8. The number of pyridine rings is 1. The van der Waals surface area contributed by atoms with E-state index in [-0.39, 0.29) is 5.75 Å². The minimum absolute atomic E-state index is 0.133. The van der Waals surface area contributed by atoms with E-state index in [4.69, 9.17) is 16.7 Å². The van der Waals surface area contributed by atoms with Crippen LogP contribution in [0, 0.1) is 0 Å². The van der Waals surface area contributed by atoms with Gasteiger partial charge in [-0.15, -0.1) is 0 Å². The first kappa shape index (κ1) is 12.4. The van der Waals surface area contributed by atoms with Crippen molar-refractivity contribution in [1.82, 2.24) is 4.98 Å². The van der Waals surface area contributed by atoms with Crippen molar-refractivity contribution in [2.75, 3.05) is 0 Å². The van der Waals surface area contributed by atoms with Gasteiger partial charge in [0.15, 0.2) is 0 Å². The lowest BCUT2D eigenvalue weighted by Crippen LogP contribution is -1.73. The van der Waals surface area contributed by atoms with Gasteiger partial charge in [0.1, 0.15) is 5.75 Å². The summed E-state index contributed by atoms with van der Waals surface area (Å²) >= 11 is 5.46. The maximum atomic E-state index is 8.79. The fourth-order valence-electron chi connectivity index (χ4n) is 1.47. The molecule has 0 aliphatic carbocycles. The van der Waals surface area contributed by atoms with Gasteiger partial charge in [-0.2, -0.15) is 0 Å². The molecule has 0 aliphatic rings. The van der Waals surface area contributed by atoms with E-state index < -0.39 is 0 Å². The highest BCUT2D eigenvalue weighted by Crippen LogP contribution is 2.20. The number of aromatic hydroxyl groups is 1. The van der Waals surface area contributed by atoms with Crippen LogP contribution in [0.4, 0.5) is 0 Å². The second kappa shape index (κ2) is 6.03. The van der Waals surface area contributed by atoms with E-state index >= 15 is 0 Å². The molecule has 3 rings (SSSR count). The van der Waals surface area contributed by atoms with E-state index in [9.17, 15) is 0 Å². The number of phenols is 1. The average Bonchev–Trinajstić information content (AvgIpc) is 2.43. The fraction of sp³-hybridized carbons (Fsp3) is 0. The van der Waals surface area contributed by atoms with Gasteiger partial charge in [-0.05, 0) is 24.3 Å². The van der Waals surface area contributed by atoms with E-state index in [0.29, 0.717) is 5.02 Å².